The van der Waals surface area contributed by atoms with E-state index in [0.29, 0.717) is 18.8 Å². The van der Waals surface area contributed by atoms with E-state index >= 15 is 0 Å². The molecule has 0 saturated carbocycles. The van der Waals surface area contributed by atoms with Gasteiger partial charge in [-0.2, -0.15) is 0 Å². The van der Waals surface area contributed by atoms with E-state index in [0.717, 1.165) is 11.1 Å². The predicted molar refractivity (Wildman–Crippen MR) is 47.9 cm³/mol. The molecule has 1 aromatic rings. The molecule has 1 aromatic heterocycles. The number of aromatic nitrogens is 1. The number of rotatable bonds is 1. The fourth-order valence-corrected chi connectivity index (χ4v) is 1.49. The molecular formula is C9H11N3O. The van der Waals surface area contributed by atoms with Crippen molar-refractivity contribution in [2.45, 2.75) is 13.1 Å². The lowest BCUT2D eigenvalue weighted by atomic mass is 10.1. The summed E-state index contributed by atoms with van der Waals surface area (Å²) in [5, 5.41) is 0. The molecule has 68 valence electrons. The quantitative estimate of drug-likeness (QED) is 0.663. The van der Waals surface area contributed by atoms with E-state index in [-0.39, 0.29) is 5.91 Å². The average Bonchev–Trinajstić information content (AvgIpc) is 2.42. The Morgan fingerprint density at radius 3 is 3.15 bits per heavy atom. The second kappa shape index (κ2) is 2.81. The van der Waals surface area contributed by atoms with Crippen LogP contribution in [0.3, 0.4) is 0 Å². The summed E-state index contributed by atoms with van der Waals surface area (Å²) in [6.07, 6.45) is 1.66. The van der Waals surface area contributed by atoms with Gasteiger partial charge in [0.25, 0.3) is 5.91 Å². The molecule has 4 heteroatoms. The van der Waals surface area contributed by atoms with Crippen LogP contribution in [0.25, 0.3) is 0 Å². The maximum Gasteiger partial charge on any atom is 0.272 e. The van der Waals surface area contributed by atoms with Crippen LogP contribution in [0, 0.1) is 0 Å². The van der Waals surface area contributed by atoms with Gasteiger partial charge in [0.2, 0.25) is 0 Å². The van der Waals surface area contributed by atoms with Crippen LogP contribution in [0.15, 0.2) is 12.3 Å². The molecule has 0 aromatic carbocycles. The molecule has 0 unspecified atom stereocenters. The molecule has 0 bridgehead atoms. The molecule has 1 aliphatic rings. The third-order valence-corrected chi connectivity index (χ3v) is 2.22. The highest BCUT2D eigenvalue weighted by atomic mass is 16.2. The van der Waals surface area contributed by atoms with Gasteiger partial charge in [-0.05, 0) is 11.6 Å². The highest BCUT2D eigenvalue weighted by Crippen LogP contribution is 2.19. The number of hydrogen-bond donors (Lipinski definition) is 1. The highest BCUT2D eigenvalue weighted by molar-refractivity contribution is 5.96. The molecular weight excluding hydrogens is 166 g/mol. The first-order valence-corrected chi connectivity index (χ1v) is 4.15. The van der Waals surface area contributed by atoms with E-state index in [2.05, 4.69) is 4.98 Å². The number of nitrogens with two attached hydrogens (primary N) is 1. The molecule has 2 N–H and O–H groups in total. The molecule has 0 aliphatic carbocycles. The van der Waals surface area contributed by atoms with Crippen molar-refractivity contribution in [1.82, 2.24) is 9.88 Å². The third-order valence-electron chi connectivity index (χ3n) is 2.22. The van der Waals surface area contributed by atoms with Gasteiger partial charge >= 0.3 is 0 Å². The van der Waals surface area contributed by atoms with Crippen LogP contribution in [0.5, 0.6) is 0 Å². The lowest BCUT2D eigenvalue weighted by molar-refractivity contribution is 0.0812. The molecule has 2 rings (SSSR count). The maximum atomic E-state index is 11.4. The number of amides is 1. The predicted octanol–water partition coefficient (Wildman–Crippen LogP) is 0.126. The van der Waals surface area contributed by atoms with Crippen molar-refractivity contribution in [2.24, 2.45) is 5.73 Å². The summed E-state index contributed by atoms with van der Waals surface area (Å²) in [4.78, 5) is 17.2. The van der Waals surface area contributed by atoms with E-state index in [1.807, 2.05) is 6.07 Å². The van der Waals surface area contributed by atoms with Gasteiger partial charge in [0.1, 0.15) is 5.69 Å². The van der Waals surface area contributed by atoms with Crippen LogP contribution in [0.2, 0.25) is 0 Å². The summed E-state index contributed by atoms with van der Waals surface area (Å²) in [6, 6.07) is 1.95. The van der Waals surface area contributed by atoms with Crippen LogP contribution in [0.1, 0.15) is 21.6 Å². The van der Waals surface area contributed by atoms with Crippen molar-refractivity contribution in [1.29, 1.82) is 0 Å². The molecule has 0 fully saturated rings. The van der Waals surface area contributed by atoms with Crippen molar-refractivity contribution in [3.05, 3.63) is 29.1 Å². The van der Waals surface area contributed by atoms with Crippen LogP contribution in [0.4, 0.5) is 0 Å². The minimum Gasteiger partial charge on any atom is -0.336 e. The van der Waals surface area contributed by atoms with E-state index < -0.39 is 0 Å². The number of nitrogens with zero attached hydrogens (tertiary/aromatic N) is 2. The Labute approximate surface area is 76.4 Å². The largest absolute Gasteiger partial charge is 0.336 e. The van der Waals surface area contributed by atoms with Crippen molar-refractivity contribution >= 4 is 5.91 Å². The molecule has 1 amide bonds. The van der Waals surface area contributed by atoms with Crippen molar-refractivity contribution < 1.29 is 4.79 Å². The first kappa shape index (κ1) is 8.19. The number of carbonyl (C=O) groups is 1. The van der Waals surface area contributed by atoms with Gasteiger partial charge in [0.15, 0.2) is 0 Å². The Kier molecular flexibility index (Phi) is 1.77. The summed E-state index contributed by atoms with van der Waals surface area (Å²) >= 11 is 0. The molecule has 0 radical (unpaired) electrons. The summed E-state index contributed by atoms with van der Waals surface area (Å²) < 4.78 is 0. The molecule has 0 spiro atoms. The topological polar surface area (TPSA) is 59.2 Å². The fourth-order valence-electron chi connectivity index (χ4n) is 1.49. The van der Waals surface area contributed by atoms with Gasteiger partial charge in [0, 0.05) is 31.9 Å². The Balaban J connectivity index is 2.46. The van der Waals surface area contributed by atoms with Crippen molar-refractivity contribution in [3.63, 3.8) is 0 Å². The lowest BCUT2D eigenvalue weighted by Crippen LogP contribution is -2.18. The lowest BCUT2D eigenvalue weighted by Gasteiger charge is -2.03. The van der Waals surface area contributed by atoms with E-state index in [1.165, 1.54) is 0 Å². The third kappa shape index (κ3) is 1.19. The summed E-state index contributed by atoms with van der Waals surface area (Å²) in [5.74, 6) is -0.00132. The smallest absolute Gasteiger partial charge is 0.272 e. The zero-order valence-electron chi connectivity index (χ0n) is 7.45. The summed E-state index contributed by atoms with van der Waals surface area (Å²) in [7, 11) is 1.77. The first-order valence-electron chi connectivity index (χ1n) is 4.15. The zero-order chi connectivity index (χ0) is 9.42. The average molecular weight is 177 g/mol. The highest BCUT2D eigenvalue weighted by Gasteiger charge is 2.25. The minimum absolute atomic E-state index is 0.00132. The molecule has 1 aliphatic heterocycles. The van der Waals surface area contributed by atoms with Gasteiger partial charge in [-0.1, -0.05) is 0 Å². The second-order valence-electron chi connectivity index (χ2n) is 3.22. The fraction of sp³-hybridized carbons (Fsp3) is 0.333. The molecule has 2 heterocycles. The van der Waals surface area contributed by atoms with Crippen molar-refractivity contribution in [3.8, 4) is 0 Å². The normalized spacial score (nSPS) is 14.9. The van der Waals surface area contributed by atoms with E-state index in [1.54, 1.807) is 18.1 Å². The Morgan fingerprint density at radius 2 is 2.46 bits per heavy atom. The number of carbonyl (C=O) groups excluding carboxylic acids is 1. The molecule has 13 heavy (non-hydrogen) atoms. The van der Waals surface area contributed by atoms with Crippen LogP contribution in [-0.4, -0.2) is 22.8 Å². The van der Waals surface area contributed by atoms with Gasteiger partial charge < -0.3 is 10.6 Å². The minimum atomic E-state index is -0.00132. The number of pyridine rings is 1. The van der Waals surface area contributed by atoms with E-state index in [4.69, 9.17) is 5.73 Å². The molecule has 4 nitrogen and oxygen atoms in total. The zero-order valence-corrected chi connectivity index (χ0v) is 7.45. The van der Waals surface area contributed by atoms with E-state index in [9.17, 15) is 4.79 Å². The van der Waals surface area contributed by atoms with Gasteiger partial charge in [-0.25, -0.2) is 0 Å². The van der Waals surface area contributed by atoms with Crippen LogP contribution >= 0.6 is 0 Å². The monoisotopic (exact) mass is 177 g/mol. The summed E-state index contributed by atoms with van der Waals surface area (Å²) in [5.41, 5.74) is 8.00. The Bertz CT molecular complexity index is 362. The SMILES string of the molecule is CN1Cc2cc(CN)cnc2C1=O. The second-order valence-corrected chi connectivity index (χ2v) is 3.22. The number of fused-ring (bicyclic) bond motifs is 1. The van der Waals surface area contributed by atoms with Crippen molar-refractivity contribution in [2.75, 3.05) is 7.05 Å². The van der Waals surface area contributed by atoms with Crippen LogP contribution < -0.4 is 5.73 Å². The molecule has 0 saturated heterocycles. The Hall–Kier alpha value is -1.42. The molecule has 0 atom stereocenters. The van der Waals surface area contributed by atoms with Gasteiger partial charge in [-0.3, -0.25) is 9.78 Å². The first-order chi connectivity index (χ1) is 6.22. The standard InChI is InChI=1S/C9H11N3O/c1-12-5-7-2-6(3-10)4-11-8(7)9(12)13/h2,4H,3,5,10H2,1H3. The van der Waals surface area contributed by atoms with Crippen LogP contribution in [-0.2, 0) is 13.1 Å². The maximum absolute atomic E-state index is 11.4. The Morgan fingerprint density at radius 1 is 1.69 bits per heavy atom. The number of hydrogen-bond acceptors (Lipinski definition) is 3. The summed E-state index contributed by atoms with van der Waals surface area (Å²) in [6.45, 7) is 1.12. The van der Waals surface area contributed by atoms with Gasteiger partial charge in [-0.15, -0.1) is 0 Å². The van der Waals surface area contributed by atoms with Gasteiger partial charge in [0.05, 0.1) is 0 Å².